The Balaban J connectivity index is 2.22. The van der Waals surface area contributed by atoms with E-state index in [1.165, 1.54) is 24.6 Å². The molecule has 1 aliphatic rings. The number of nitrogens with zero attached hydrogens (tertiary/aromatic N) is 2. The Morgan fingerprint density at radius 2 is 1.73 bits per heavy atom. The van der Waals surface area contributed by atoms with Crippen LogP contribution in [0.4, 0.5) is 0 Å². The molecule has 5 heteroatoms. The fourth-order valence-corrected chi connectivity index (χ4v) is 3.92. The maximum Gasteiger partial charge on any atom is 0.0226 e. The number of rotatable bonds is 1. The van der Waals surface area contributed by atoms with Crippen LogP contribution >= 0.6 is 35.8 Å². The Kier molecular flexibility index (Phi) is 5.11. The van der Waals surface area contributed by atoms with Gasteiger partial charge in [0.2, 0.25) is 0 Å². The third-order valence-corrected chi connectivity index (χ3v) is 5.10. The predicted molar refractivity (Wildman–Crippen MR) is 57.8 cm³/mol. The topological polar surface area (TPSA) is 6.48 Å². The summed E-state index contributed by atoms with van der Waals surface area (Å²) in [6, 6.07) is 0. The van der Waals surface area contributed by atoms with Gasteiger partial charge in [-0.3, -0.25) is 0 Å². The Morgan fingerprint density at radius 3 is 2.18 bits per heavy atom. The molecule has 1 rings (SSSR count). The van der Waals surface area contributed by atoms with Gasteiger partial charge >= 0.3 is 0 Å². The maximum absolute atomic E-state index is 2.39. The van der Waals surface area contributed by atoms with Gasteiger partial charge in [0, 0.05) is 24.6 Å². The molecular weight excluding hydrogens is 196 g/mol. The van der Waals surface area contributed by atoms with Gasteiger partial charge in [0.05, 0.1) is 0 Å². The molecule has 0 atom stereocenters. The zero-order valence-corrected chi connectivity index (χ0v) is 9.40. The molecule has 0 amide bonds. The van der Waals surface area contributed by atoms with Crippen LogP contribution in [0.2, 0.25) is 0 Å². The molecule has 0 spiro atoms. The van der Waals surface area contributed by atoms with E-state index in [2.05, 4.69) is 21.3 Å². The van der Waals surface area contributed by atoms with Gasteiger partial charge in [0.1, 0.15) is 0 Å². The molecular formula is C6H14N2S3. The zero-order chi connectivity index (χ0) is 8.10. The van der Waals surface area contributed by atoms with E-state index in [-0.39, 0.29) is 0 Å². The van der Waals surface area contributed by atoms with Crippen LogP contribution in [0, 0.1) is 0 Å². The van der Waals surface area contributed by atoms with Crippen LogP contribution in [0.5, 0.6) is 0 Å². The molecule has 1 saturated heterocycles. The van der Waals surface area contributed by atoms with Crippen LogP contribution in [0.15, 0.2) is 0 Å². The van der Waals surface area contributed by atoms with Crippen molar-refractivity contribution in [1.29, 1.82) is 0 Å². The zero-order valence-electron chi connectivity index (χ0n) is 6.95. The van der Waals surface area contributed by atoms with E-state index >= 15 is 0 Å². The van der Waals surface area contributed by atoms with Crippen LogP contribution < -0.4 is 0 Å². The van der Waals surface area contributed by atoms with Gasteiger partial charge in [-0.15, -0.1) is 3.12 Å². The van der Waals surface area contributed by atoms with Crippen molar-refractivity contribution in [3.8, 4) is 0 Å². The van der Waals surface area contributed by atoms with Gasteiger partial charge in [-0.2, -0.15) is 0 Å². The average Bonchev–Trinajstić information content (AvgIpc) is 1.96. The highest BCUT2D eigenvalue weighted by Crippen LogP contribution is 2.30. The Hall–Kier alpha value is 0.970. The van der Waals surface area contributed by atoms with Crippen LogP contribution in [0.1, 0.15) is 0 Å². The molecule has 0 saturated carbocycles. The molecule has 0 aromatic heterocycles. The third-order valence-electron chi connectivity index (χ3n) is 1.49. The Morgan fingerprint density at radius 1 is 1.18 bits per heavy atom. The standard InChI is InChI=1S/C6H14N2S3/c1-7-3-5-10-8(9-2)11-6-4-7/h3-6H2,1-2H3. The summed E-state index contributed by atoms with van der Waals surface area (Å²) in [6.45, 7) is 2.42. The van der Waals surface area contributed by atoms with Crippen LogP contribution in [0.25, 0.3) is 0 Å². The van der Waals surface area contributed by atoms with Gasteiger partial charge in [0.15, 0.2) is 0 Å². The minimum absolute atomic E-state index is 1.21. The lowest BCUT2D eigenvalue weighted by molar-refractivity contribution is 0.378. The van der Waals surface area contributed by atoms with Gasteiger partial charge in [0.25, 0.3) is 0 Å². The summed E-state index contributed by atoms with van der Waals surface area (Å²) in [5.74, 6) is 2.43. The highest BCUT2D eigenvalue weighted by Gasteiger charge is 2.09. The average molecular weight is 210 g/mol. The maximum atomic E-state index is 2.39. The van der Waals surface area contributed by atoms with E-state index in [9.17, 15) is 0 Å². The monoisotopic (exact) mass is 210 g/mol. The molecule has 0 N–H and O–H groups in total. The quantitative estimate of drug-likeness (QED) is 0.607. The van der Waals surface area contributed by atoms with Crippen molar-refractivity contribution in [2.75, 3.05) is 37.9 Å². The fourth-order valence-electron chi connectivity index (χ4n) is 0.797. The molecule has 2 nitrogen and oxygen atoms in total. The van der Waals surface area contributed by atoms with Crippen LogP contribution in [0.3, 0.4) is 0 Å². The lowest BCUT2D eigenvalue weighted by Gasteiger charge is -2.24. The summed E-state index contributed by atoms with van der Waals surface area (Å²) in [4.78, 5) is 2.39. The van der Waals surface area contributed by atoms with Gasteiger partial charge in [-0.25, -0.2) is 0 Å². The molecule has 1 heterocycles. The molecule has 1 aliphatic heterocycles. The van der Waals surface area contributed by atoms with Gasteiger partial charge in [-0.1, -0.05) is 35.8 Å². The van der Waals surface area contributed by atoms with Gasteiger partial charge in [-0.05, 0) is 13.3 Å². The van der Waals surface area contributed by atoms with E-state index < -0.39 is 0 Å². The second kappa shape index (κ2) is 5.59. The van der Waals surface area contributed by atoms with E-state index in [4.69, 9.17) is 0 Å². The highest BCUT2D eigenvalue weighted by molar-refractivity contribution is 8.25. The smallest absolute Gasteiger partial charge is 0.0226 e. The van der Waals surface area contributed by atoms with E-state index in [0.29, 0.717) is 0 Å². The van der Waals surface area contributed by atoms with Crippen molar-refractivity contribution in [2.45, 2.75) is 0 Å². The third kappa shape index (κ3) is 3.94. The Labute approximate surface area is 81.9 Å². The highest BCUT2D eigenvalue weighted by atomic mass is 32.3. The van der Waals surface area contributed by atoms with E-state index in [1.54, 1.807) is 0 Å². The summed E-state index contributed by atoms with van der Waals surface area (Å²) in [6.07, 6.45) is 2.13. The first-order valence-electron chi connectivity index (χ1n) is 3.61. The molecule has 1 fully saturated rings. The second-order valence-electron chi connectivity index (χ2n) is 2.38. The largest absolute Gasteiger partial charge is 0.305 e. The molecule has 66 valence electrons. The van der Waals surface area contributed by atoms with Gasteiger partial charge < -0.3 is 4.90 Å². The minimum Gasteiger partial charge on any atom is -0.305 e. The van der Waals surface area contributed by atoms with Crippen molar-refractivity contribution in [2.24, 2.45) is 0 Å². The van der Waals surface area contributed by atoms with Crippen molar-refractivity contribution < 1.29 is 0 Å². The number of hydrogen-bond donors (Lipinski definition) is 0. The van der Waals surface area contributed by atoms with Crippen molar-refractivity contribution in [3.63, 3.8) is 0 Å². The minimum atomic E-state index is 1.21. The molecule has 0 aromatic rings. The lowest BCUT2D eigenvalue weighted by Crippen LogP contribution is -2.26. The summed E-state index contributed by atoms with van der Waals surface area (Å²) in [5.41, 5.74) is 0. The van der Waals surface area contributed by atoms with E-state index in [0.717, 1.165) is 0 Å². The normalized spacial score (nSPS) is 24.5. The fraction of sp³-hybridized carbons (Fsp3) is 1.00. The summed E-state index contributed by atoms with van der Waals surface area (Å²) < 4.78 is 2.30. The summed E-state index contributed by atoms with van der Waals surface area (Å²) in [5, 5.41) is 0. The Bertz CT molecular complexity index is 102. The van der Waals surface area contributed by atoms with Crippen LogP contribution in [-0.2, 0) is 0 Å². The molecule has 0 unspecified atom stereocenters. The molecule has 0 aromatic carbocycles. The molecule has 0 bridgehead atoms. The predicted octanol–water partition coefficient (Wildman–Crippen LogP) is 1.81. The second-order valence-corrected chi connectivity index (χ2v) is 5.86. The van der Waals surface area contributed by atoms with Crippen LogP contribution in [-0.4, -0.2) is 45.9 Å². The first kappa shape index (κ1) is 10.1. The SMILES string of the molecule is CSN1SCCN(C)CCS1. The molecule has 11 heavy (non-hydrogen) atoms. The summed E-state index contributed by atoms with van der Waals surface area (Å²) >= 11 is 5.65. The molecule has 0 aliphatic carbocycles. The first-order valence-corrected chi connectivity index (χ1v) is 6.68. The van der Waals surface area contributed by atoms with Crippen molar-refractivity contribution >= 4 is 35.8 Å². The first-order chi connectivity index (χ1) is 5.33. The lowest BCUT2D eigenvalue weighted by atomic mass is 10.6. The summed E-state index contributed by atoms with van der Waals surface area (Å²) in [7, 11) is 2.19. The molecule has 0 radical (unpaired) electrons. The van der Waals surface area contributed by atoms with E-state index in [1.807, 2.05) is 35.8 Å². The van der Waals surface area contributed by atoms with Crippen molar-refractivity contribution in [3.05, 3.63) is 0 Å². The van der Waals surface area contributed by atoms with Crippen molar-refractivity contribution in [1.82, 2.24) is 8.02 Å². The number of hydrogen-bond acceptors (Lipinski definition) is 5.